The van der Waals surface area contributed by atoms with Gasteiger partial charge in [-0.1, -0.05) is 11.6 Å². The number of primary amides is 1. The topological polar surface area (TPSA) is 77.7 Å². The van der Waals surface area contributed by atoms with Crippen LogP contribution in [0.15, 0.2) is 30.5 Å². The fraction of sp³-hybridized carbons (Fsp3) is 0.400. The molecule has 1 aromatic heterocycles. The molecule has 0 bridgehead atoms. The van der Waals surface area contributed by atoms with Crippen molar-refractivity contribution in [3.8, 4) is 22.8 Å². The summed E-state index contributed by atoms with van der Waals surface area (Å²) in [5.41, 5.74) is 8.27. The number of aromatic nitrogens is 1. The molecule has 0 unspecified atom stereocenters. The Morgan fingerprint density at radius 2 is 1.85 bits per heavy atom. The second kappa shape index (κ2) is 8.59. The Morgan fingerprint density at radius 3 is 2.41 bits per heavy atom. The largest absolute Gasteiger partial charge is 0.495 e. The van der Waals surface area contributed by atoms with Crippen molar-refractivity contribution in [1.82, 2.24) is 9.88 Å². The zero-order valence-corrected chi connectivity index (χ0v) is 16.3. The van der Waals surface area contributed by atoms with Gasteiger partial charge in [0.1, 0.15) is 16.5 Å². The fourth-order valence-corrected chi connectivity index (χ4v) is 3.64. The standard InChI is InChI=1S/C20H24ClN3O3/c1-26-17-10-15(11-18(27-2)19(17)21)16-9-13(3-6-23-16)12-24-7-4-14(5-8-24)20(22)25/h3,6,9-11,14H,4-5,7-8,12H2,1-2H3,(H2,22,25). The van der Waals surface area contributed by atoms with Crippen molar-refractivity contribution >= 4 is 17.5 Å². The van der Waals surface area contributed by atoms with E-state index in [9.17, 15) is 4.79 Å². The molecule has 27 heavy (non-hydrogen) atoms. The molecule has 1 aliphatic rings. The van der Waals surface area contributed by atoms with E-state index < -0.39 is 0 Å². The van der Waals surface area contributed by atoms with Gasteiger partial charge in [-0.25, -0.2) is 0 Å². The normalized spacial score (nSPS) is 15.5. The van der Waals surface area contributed by atoms with Gasteiger partial charge in [-0.15, -0.1) is 0 Å². The van der Waals surface area contributed by atoms with E-state index in [2.05, 4.69) is 16.0 Å². The molecule has 144 valence electrons. The molecule has 1 aliphatic heterocycles. The molecule has 7 heteroatoms. The van der Waals surface area contributed by atoms with Crippen LogP contribution < -0.4 is 15.2 Å². The summed E-state index contributed by atoms with van der Waals surface area (Å²) in [5.74, 6) is 0.910. The second-order valence-corrected chi connectivity index (χ2v) is 7.07. The minimum Gasteiger partial charge on any atom is -0.495 e. The highest BCUT2D eigenvalue weighted by Gasteiger charge is 2.23. The molecule has 1 amide bonds. The summed E-state index contributed by atoms with van der Waals surface area (Å²) in [6, 6.07) is 7.78. The first-order chi connectivity index (χ1) is 13.0. The maximum absolute atomic E-state index is 11.3. The smallest absolute Gasteiger partial charge is 0.220 e. The monoisotopic (exact) mass is 389 g/mol. The number of halogens is 1. The highest BCUT2D eigenvalue weighted by Crippen LogP contribution is 2.38. The van der Waals surface area contributed by atoms with Crippen molar-refractivity contribution in [2.24, 2.45) is 11.7 Å². The van der Waals surface area contributed by atoms with Crippen LogP contribution in [0.3, 0.4) is 0 Å². The molecule has 2 heterocycles. The maximum atomic E-state index is 11.3. The SMILES string of the molecule is COc1cc(-c2cc(CN3CCC(C(N)=O)CC3)ccn2)cc(OC)c1Cl. The second-order valence-electron chi connectivity index (χ2n) is 6.70. The summed E-state index contributed by atoms with van der Waals surface area (Å²) in [6.45, 7) is 2.55. The van der Waals surface area contributed by atoms with Gasteiger partial charge in [0.15, 0.2) is 0 Å². The van der Waals surface area contributed by atoms with Gasteiger partial charge >= 0.3 is 0 Å². The number of nitrogens with zero attached hydrogens (tertiary/aromatic N) is 2. The summed E-state index contributed by atoms with van der Waals surface area (Å²) in [7, 11) is 3.15. The van der Waals surface area contributed by atoms with Gasteiger partial charge in [0, 0.05) is 24.2 Å². The lowest BCUT2D eigenvalue weighted by molar-refractivity contribution is -0.123. The average molecular weight is 390 g/mol. The van der Waals surface area contributed by atoms with Crippen molar-refractivity contribution in [3.05, 3.63) is 41.0 Å². The number of nitrogens with two attached hydrogens (primary N) is 1. The summed E-state index contributed by atoms with van der Waals surface area (Å²) in [4.78, 5) is 18.1. The summed E-state index contributed by atoms with van der Waals surface area (Å²) < 4.78 is 10.7. The first-order valence-corrected chi connectivity index (χ1v) is 9.28. The molecule has 2 aromatic rings. The number of piperidine rings is 1. The van der Waals surface area contributed by atoms with Crippen molar-refractivity contribution in [3.63, 3.8) is 0 Å². The summed E-state index contributed by atoms with van der Waals surface area (Å²) >= 11 is 6.25. The summed E-state index contributed by atoms with van der Waals surface area (Å²) in [6.07, 6.45) is 3.44. The van der Waals surface area contributed by atoms with Crippen LogP contribution >= 0.6 is 11.6 Å². The molecule has 1 aromatic carbocycles. The van der Waals surface area contributed by atoms with Crippen LogP contribution in [0.2, 0.25) is 5.02 Å². The maximum Gasteiger partial charge on any atom is 0.220 e. The minimum absolute atomic E-state index is 0.00301. The molecule has 6 nitrogen and oxygen atoms in total. The van der Waals surface area contributed by atoms with E-state index >= 15 is 0 Å². The molecule has 0 saturated carbocycles. The fourth-order valence-electron chi connectivity index (χ4n) is 3.38. The van der Waals surface area contributed by atoms with Gasteiger partial charge in [0.2, 0.25) is 5.91 Å². The third kappa shape index (κ3) is 4.51. The number of amides is 1. The van der Waals surface area contributed by atoms with Gasteiger partial charge in [-0.05, 0) is 55.8 Å². The molecule has 0 spiro atoms. The number of ether oxygens (including phenoxy) is 2. The molecule has 3 rings (SSSR count). The highest BCUT2D eigenvalue weighted by atomic mass is 35.5. The zero-order valence-electron chi connectivity index (χ0n) is 15.6. The Balaban J connectivity index is 1.77. The Labute approximate surface area is 164 Å². The number of methoxy groups -OCH3 is 2. The van der Waals surface area contributed by atoms with E-state index in [1.165, 1.54) is 0 Å². The van der Waals surface area contributed by atoms with Crippen molar-refractivity contribution in [2.45, 2.75) is 19.4 Å². The van der Waals surface area contributed by atoms with Crippen LogP contribution in [0, 0.1) is 5.92 Å². The number of carbonyl (C=O) groups is 1. The lowest BCUT2D eigenvalue weighted by Gasteiger charge is -2.30. The van der Waals surface area contributed by atoms with Gasteiger partial charge in [0.05, 0.1) is 19.9 Å². The first-order valence-electron chi connectivity index (χ1n) is 8.90. The zero-order chi connectivity index (χ0) is 19.4. The van der Waals surface area contributed by atoms with Gasteiger partial charge in [-0.3, -0.25) is 14.7 Å². The Hall–Kier alpha value is -2.31. The quantitative estimate of drug-likeness (QED) is 0.821. The Morgan fingerprint density at radius 1 is 1.22 bits per heavy atom. The lowest BCUT2D eigenvalue weighted by atomic mass is 9.96. The minimum atomic E-state index is -0.188. The third-order valence-electron chi connectivity index (χ3n) is 4.96. The van der Waals surface area contributed by atoms with E-state index in [4.69, 9.17) is 26.8 Å². The van der Waals surface area contributed by atoms with Gasteiger partial charge in [-0.2, -0.15) is 0 Å². The van der Waals surface area contributed by atoms with E-state index in [1.54, 1.807) is 20.4 Å². The highest BCUT2D eigenvalue weighted by molar-refractivity contribution is 6.33. The van der Waals surface area contributed by atoms with Gasteiger partial charge in [0.25, 0.3) is 0 Å². The molecule has 0 radical (unpaired) electrons. The Bertz CT molecular complexity index is 795. The van der Waals surface area contributed by atoms with Crippen molar-refractivity contribution in [2.75, 3.05) is 27.3 Å². The molecule has 0 aliphatic carbocycles. The number of pyridine rings is 1. The van der Waals surface area contributed by atoms with Crippen LogP contribution in [0.5, 0.6) is 11.5 Å². The van der Waals surface area contributed by atoms with Crippen LogP contribution in [0.25, 0.3) is 11.3 Å². The van der Waals surface area contributed by atoms with Gasteiger partial charge < -0.3 is 15.2 Å². The lowest BCUT2D eigenvalue weighted by Crippen LogP contribution is -2.38. The van der Waals surface area contributed by atoms with E-state index in [1.807, 2.05) is 18.2 Å². The number of likely N-dealkylation sites (tertiary alicyclic amines) is 1. The van der Waals surface area contributed by atoms with Crippen LogP contribution in [-0.2, 0) is 11.3 Å². The van der Waals surface area contributed by atoms with Crippen LogP contribution in [-0.4, -0.2) is 43.1 Å². The number of carbonyl (C=O) groups excluding carboxylic acids is 1. The van der Waals surface area contributed by atoms with Crippen molar-refractivity contribution in [1.29, 1.82) is 0 Å². The number of rotatable bonds is 6. The molecule has 1 saturated heterocycles. The average Bonchev–Trinajstić information content (AvgIpc) is 2.69. The molecule has 2 N–H and O–H groups in total. The predicted molar refractivity (Wildman–Crippen MR) is 105 cm³/mol. The third-order valence-corrected chi connectivity index (χ3v) is 5.33. The molecule has 0 atom stereocenters. The molecular formula is C20H24ClN3O3. The van der Waals surface area contributed by atoms with E-state index in [-0.39, 0.29) is 11.8 Å². The molecule has 1 fully saturated rings. The Kier molecular flexibility index (Phi) is 6.19. The number of hydrogen-bond donors (Lipinski definition) is 1. The van der Waals surface area contributed by atoms with Crippen LogP contribution in [0.4, 0.5) is 0 Å². The predicted octanol–water partition coefficient (Wildman–Crippen LogP) is 3.12. The molecular weight excluding hydrogens is 366 g/mol. The first kappa shape index (κ1) is 19.5. The number of hydrogen-bond acceptors (Lipinski definition) is 5. The van der Waals surface area contributed by atoms with Crippen molar-refractivity contribution < 1.29 is 14.3 Å². The van der Waals surface area contributed by atoms with Crippen LogP contribution in [0.1, 0.15) is 18.4 Å². The van der Waals surface area contributed by atoms with E-state index in [0.29, 0.717) is 16.5 Å². The number of benzene rings is 1. The van der Waals surface area contributed by atoms with E-state index in [0.717, 1.165) is 49.3 Å². The summed E-state index contributed by atoms with van der Waals surface area (Å²) in [5, 5.41) is 0.442.